The van der Waals surface area contributed by atoms with Crippen molar-refractivity contribution in [3.8, 4) is 0 Å². The Morgan fingerprint density at radius 3 is 2.60 bits per heavy atom. The molecule has 0 saturated heterocycles. The number of nitrogens with zero attached hydrogens (tertiary/aromatic N) is 2. The van der Waals surface area contributed by atoms with Crippen molar-refractivity contribution >= 4 is 5.96 Å². The first-order valence-electron chi connectivity index (χ1n) is 7.50. The highest BCUT2D eigenvalue weighted by Crippen LogP contribution is 2.60. The highest BCUT2D eigenvalue weighted by molar-refractivity contribution is 5.79. The second kappa shape index (κ2) is 5.11. The number of hydrogen-bond donors (Lipinski definition) is 2. The minimum atomic E-state index is 0.574. The van der Waals surface area contributed by atoms with Gasteiger partial charge >= 0.3 is 0 Å². The predicted molar refractivity (Wildman–Crippen MR) is 78.6 cm³/mol. The van der Waals surface area contributed by atoms with Gasteiger partial charge in [0.25, 0.3) is 0 Å². The molecule has 0 bridgehead atoms. The average molecular weight is 276 g/mol. The van der Waals surface area contributed by atoms with Gasteiger partial charge in [-0.2, -0.15) is 0 Å². The summed E-state index contributed by atoms with van der Waals surface area (Å²) in [5.74, 6) is 3.40. The zero-order valence-corrected chi connectivity index (χ0v) is 12.6. The fourth-order valence-electron chi connectivity index (χ4n) is 2.84. The van der Waals surface area contributed by atoms with E-state index in [1.165, 1.54) is 25.7 Å². The number of aliphatic imine (C=N–C) groups is 1. The van der Waals surface area contributed by atoms with Crippen molar-refractivity contribution in [3.05, 3.63) is 17.3 Å². The minimum absolute atomic E-state index is 0.574. The van der Waals surface area contributed by atoms with Crippen LogP contribution in [0.1, 0.15) is 43.0 Å². The molecule has 2 saturated carbocycles. The van der Waals surface area contributed by atoms with Gasteiger partial charge in [-0.1, -0.05) is 0 Å². The highest BCUT2D eigenvalue weighted by atomic mass is 16.4. The van der Waals surface area contributed by atoms with Crippen molar-refractivity contribution in [2.24, 2.45) is 16.3 Å². The SMILES string of the molecule is CN=C(NCc1nc(C)c(C)o1)NCC1(C2CC2)CC1. The van der Waals surface area contributed by atoms with Gasteiger partial charge < -0.3 is 15.1 Å². The van der Waals surface area contributed by atoms with Gasteiger partial charge in [0.15, 0.2) is 5.96 Å². The Balaban J connectivity index is 1.47. The Morgan fingerprint density at radius 1 is 1.35 bits per heavy atom. The third-order valence-corrected chi connectivity index (χ3v) is 4.65. The van der Waals surface area contributed by atoms with E-state index in [0.717, 1.165) is 29.9 Å². The molecule has 0 atom stereocenters. The Morgan fingerprint density at radius 2 is 2.10 bits per heavy atom. The molecule has 0 aromatic carbocycles. The smallest absolute Gasteiger partial charge is 0.214 e. The molecule has 20 heavy (non-hydrogen) atoms. The summed E-state index contributed by atoms with van der Waals surface area (Å²) in [6.45, 7) is 5.51. The zero-order valence-electron chi connectivity index (χ0n) is 12.6. The predicted octanol–water partition coefficient (Wildman–Crippen LogP) is 2.15. The van der Waals surface area contributed by atoms with Crippen LogP contribution in [0.5, 0.6) is 0 Å². The van der Waals surface area contributed by atoms with Crippen LogP contribution in [0, 0.1) is 25.2 Å². The first-order valence-corrected chi connectivity index (χ1v) is 7.50. The number of aromatic nitrogens is 1. The van der Waals surface area contributed by atoms with Crippen LogP contribution in [0.25, 0.3) is 0 Å². The molecule has 2 aliphatic carbocycles. The molecular weight excluding hydrogens is 252 g/mol. The summed E-state index contributed by atoms with van der Waals surface area (Å²) in [5.41, 5.74) is 1.53. The maximum Gasteiger partial charge on any atom is 0.214 e. The van der Waals surface area contributed by atoms with E-state index >= 15 is 0 Å². The number of rotatable bonds is 5. The van der Waals surface area contributed by atoms with Gasteiger partial charge in [0.05, 0.1) is 12.2 Å². The van der Waals surface area contributed by atoms with E-state index in [1.54, 1.807) is 7.05 Å². The van der Waals surface area contributed by atoms with Gasteiger partial charge in [-0.15, -0.1) is 0 Å². The molecular formula is C15H24N4O. The van der Waals surface area contributed by atoms with Gasteiger partial charge in [-0.3, -0.25) is 4.99 Å². The van der Waals surface area contributed by atoms with Gasteiger partial charge in [-0.25, -0.2) is 4.98 Å². The summed E-state index contributed by atoms with van der Waals surface area (Å²) in [4.78, 5) is 8.63. The minimum Gasteiger partial charge on any atom is -0.444 e. The third kappa shape index (κ3) is 2.81. The lowest BCUT2D eigenvalue weighted by molar-refractivity contribution is 0.428. The van der Waals surface area contributed by atoms with Gasteiger partial charge in [-0.05, 0) is 50.9 Å². The third-order valence-electron chi connectivity index (χ3n) is 4.65. The van der Waals surface area contributed by atoms with Crippen LogP contribution in [0.2, 0.25) is 0 Å². The molecule has 5 heteroatoms. The standard InChI is InChI=1S/C15H24N4O/c1-10-11(2)20-13(19-10)8-17-14(16-3)18-9-15(6-7-15)12-4-5-12/h12H,4-9H2,1-3H3,(H2,16,17,18). The lowest BCUT2D eigenvalue weighted by Gasteiger charge is -2.17. The summed E-state index contributed by atoms with van der Waals surface area (Å²) < 4.78 is 5.56. The molecule has 0 aliphatic heterocycles. The van der Waals surface area contributed by atoms with Crippen LogP contribution in [-0.2, 0) is 6.54 Å². The Bertz CT molecular complexity index is 492. The summed E-state index contributed by atoms with van der Waals surface area (Å²) in [7, 11) is 1.80. The number of nitrogens with one attached hydrogen (secondary N) is 2. The number of oxazole rings is 1. The Labute approximate surface area is 120 Å². The molecule has 0 spiro atoms. The molecule has 1 aromatic rings. The maximum atomic E-state index is 5.56. The molecule has 5 nitrogen and oxygen atoms in total. The fraction of sp³-hybridized carbons (Fsp3) is 0.733. The number of hydrogen-bond acceptors (Lipinski definition) is 3. The molecule has 0 amide bonds. The summed E-state index contributed by atoms with van der Waals surface area (Å²) in [6.07, 6.45) is 5.59. The summed E-state index contributed by atoms with van der Waals surface area (Å²) >= 11 is 0. The van der Waals surface area contributed by atoms with Crippen LogP contribution in [0.3, 0.4) is 0 Å². The van der Waals surface area contributed by atoms with Crippen LogP contribution in [0.15, 0.2) is 9.41 Å². The van der Waals surface area contributed by atoms with E-state index in [2.05, 4.69) is 20.6 Å². The van der Waals surface area contributed by atoms with E-state index in [4.69, 9.17) is 4.42 Å². The monoisotopic (exact) mass is 276 g/mol. The van der Waals surface area contributed by atoms with Crippen LogP contribution in [0.4, 0.5) is 0 Å². The van der Waals surface area contributed by atoms with Crippen molar-refractivity contribution in [2.75, 3.05) is 13.6 Å². The normalized spacial score (nSPS) is 20.9. The second-order valence-corrected chi connectivity index (χ2v) is 6.17. The number of guanidine groups is 1. The largest absolute Gasteiger partial charge is 0.444 e. The first kappa shape index (κ1) is 13.5. The van der Waals surface area contributed by atoms with Gasteiger partial charge in [0, 0.05) is 13.6 Å². The molecule has 0 unspecified atom stereocenters. The van der Waals surface area contributed by atoms with E-state index in [9.17, 15) is 0 Å². The molecule has 2 N–H and O–H groups in total. The molecule has 110 valence electrons. The van der Waals surface area contributed by atoms with Gasteiger partial charge in [0.2, 0.25) is 5.89 Å². The Kier molecular flexibility index (Phi) is 3.44. The van der Waals surface area contributed by atoms with E-state index in [0.29, 0.717) is 17.9 Å². The molecule has 2 aliphatic rings. The number of aryl methyl sites for hydroxylation is 2. The molecule has 1 heterocycles. The van der Waals surface area contributed by atoms with Crippen molar-refractivity contribution in [1.29, 1.82) is 0 Å². The van der Waals surface area contributed by atoms with E-state index < -0.39 is 0 Å². The lowest BCUT2D eigenvalue weighted by Crippen LogP contribution is -2.40. The first-order chi connectivity index (χ1) is 9.63. The maximum absolute atomic E-state index is 5.56. The molecule has 0 radical (unpaired) electrons. The molecule has 1 aromatic heterocycles. The summed E-state index contributed by atoms with van der Waals surface area (Å²) in [5, 5.41) is 6.72. The zero-order chi connectivity index (χ0) is 14.2. The summed E-state index contributed by atoms with van der Waals surface area (Å²) in [6, 6.07) is 0. The van der Waals surface area contributed by atoms with E-state index in [-0.39, 0.29) is 0 Å². The van der Waals surface area contributed by atoms with Gasteiger partial charge in [0.1, 0.15) is 5.76 Å². The fourth-order valence-corrected chi connectivity index (χ4v) is 2.84. The van der Waals surface area contributed by atoms with Crippen molar-refractivity contribution in [1.82, 2.24) is 15.6 Å². The van der Waals surface area contributed by atoms with Crippen molar-refractivity contribution in [2.45, 2.75) is 46.1 Å². The quantitative estimate of drug-likeness (QED) is 0.639. The van der Waals surface area contributed by atoms with Crippen LogP contribution in [-0.4, -0.2) is 24.5 Å². The van der Waals surface area contributed by atoms with Crippen molar-refractivity contribution < 1.29 is 4.42 Å². The van der Waals surface area contributed by atoms with E-state index in [1.807, 2.05) is 13.8 Å². The Hall–Kier alpha value is -1.52. The van der Waals surface area contributed by atoms with Crippen molar-refractivity contribution in [3.63, 3.8) is 0 Å². The van der Waals surface area contributed by atoms with Crippen LogP contribution >= 0.6 is 0 Å². The topological polar surface area (TPSA) is 62.5 Å². The lowest BCUT2D eigenvalue weighted by atomic mass is 10.0. The molecule has 2 fully saturated rings. The second-order valence-electron chi connectivity index (χ2n) is 6.17. The highest BCUT2D eigenvalue weighted by Gasteiger charge is 2.53. The average Bonchev–Trinajstić information content (AvgIpc) is 3.31. The van der Waals surface area contributed by atoms with Crippen LogP contribution < -0.4 is 10.6 Å². The molecule has 3 rings (SSSR count).